The maximum atomic E-state index is 9.60. The summed E-state index contributed by atoms with van der Waals surface area (Å²) in [5, 5.41) is 7.91. The number of imidazole rings is 1. The molecule has 2 N–H and O–H groups in total. The van der Waals surface area contributed by atoms with E-state index in [0.717, 1.165) is 6.42 Å². The lowest BCUT2D eigenvalue weighted by molar-refractivity contribution is -0.137. The van der Waals surface area contributed by atoms with Gasteiger partial charge < -0.3 is 10.1 Å². The number of aromatic amines is 1. The average Bonchev–Trinajstić information content (AvgIpc) is 2.41. The third-order valence-electron chi connectivity index (χ3n) is 0.870. The third kappa shape index (κ3) is 11.9. The maximum Gasteiger partial charge on any atom is 0.303 e. The Bertz CT molecular complexity index is 160. The van der Waals surface area contributed by atoms with Crippen LogP contribution < -0.4 is 0 Å². The highest BCUT2D eigenvalue weighted by Gasteiger charge is 1.87. The number of aliphatic carboxylic acids is 1. The molecule has 0 saturated heterocycles. The van der Waals surface area contributed by atoms with E-state index >= 15 is 0 Å². The molecule has 0 bridgehead atoms. The lowest BCUT2D eigenvalue weighted by Gasteiger charge is -1.79. The molecular weight excluding hydrogens is 224 g/mol. The molecule has 12 heavy (non-hydrogen) atoms. The molecule has 4 nitrogen and oxygen atoms in total. The Morgan fingerprint density at radius 1 is 1.67 bits per heavy atom. The SMILES string of the molecule is Br.CCCC(=O)O.c1c[nH]cn1. The molecule has 0 atom stereocenters. The molecule has 0 aliphatic carbocycles. The van der Waals surface area contributed by atoms with Gasteiger partial charge in [-0.25, -0.2) is 4.98 Å². The van der Waals surface area contributed by atoms with Crippen LogP contribution in [0, 0.1) is 0 Å². The van der Waals surface area contributed by atoms with E-state index in [4.69, 9.17) is 5.11 Å². The van der Waals surface area contributed by atoms with Crippen LogP contribution in [0.3, 0.4) is 0 Å². The highest BCUT2D eigenvalue weighted by atomic mass is 79.9. The molecule has 0 radical (unpaired) electrons. The van der Waals surface area contributed by atoms with Gasteiger partial charge in [0.2, 0.25) is 0 Å². The predicted molar refractivity (Wildman–Crippen MR) is 51.5 cm³/mol. The minimum Gasteiger partial charge on any atom is -0.481 e. The normalized spacial score (nSPS) is 7.42. The number of nitrogens with zero attached hydrogens (tertiary/aromatic N) is 1. The van der Waals surface area contributed by atoms with Gasteiger partial charge >= 0.3 is 5.97 Å². The molecule has 0 amide bonds. The number of carboxylic acid groups (broad SMARTS) is 1. The van der Waals surface area contributed by atoms with Crippen LogP contribution >= 0.6 is 17.0 Å². The van der Waals surface area contributed by atoms with Gasteiger partial charge in [0.05, 0.1) is 6.33 Å². The standard InChI is InChI=1S/C4H8O2.C3H4N2.BrH/c1-2-3-4(5)6;1-2-5-3-4-1;/h2-3H2,1H3,(H,5,6);1-3H,(H,4,5);1H. The van der Waals surface area contributed by atoms with Crippen molar-refractivity contribution in [1.82, 2.24) is 9.97 Å². The molecule has 0 spiro atoms. The van der Waals surface area contributed by atoms with Crippen molar-refractivity contribution in [3.8, 4) is 0 Å². The van der Waals surface area contributed by atoms with Gasteiger partial charge in [-0.15, -0.1) is 17.0 Å². The first-order valence-corrected chi connectivity index (χ1v) is 3.42. The Kier molecular flexibility index (Phi) is 11.6. The van der Waals surface area contributed by atoms with E-state index in [0.29, 0.717) is 6.42 Å². The molecule has 1 aromatic heterocycles. The van der Waals surface area contributed by atoms with Crippen LogP contribution in [-0.2, 0) is 4.79 Å². The fourth-order valence-corrected chi connectivity index (χ4v) is 0.429. The molecule has 1 aromatic rings. The number of carbonyl (C=O) groups is 1. The number of carboxylic acids is 1. The van der Waals surface area contributed by atoms with Gasteiger partial charge in [0, 0.05) is 18.8 Å². The topological polar surface area (TPSA) is 66.0 Å². The zero-order chi connectivity index (χ0) is 8.53. The van der Waals surface area contributed by atoms with Gasteiger partial charge in [0.25, 0.3) is 0 Å². The zero-order valence-electron chi connectivity index (χ0n) is 6.86. The summed E-state index contributed by atoms with van der Waals surface area (Å²) in [5.74, 6) is -0.711. The second kappa shape index (κ2) is 10.2. The van der Waals surface area contributed by atoms with Gasteiger partial charge in [-0.1, -0.05) is 6.92 Å². The minimum atomic E-state index is -0.711. The molecular formula is C7H13BrN2O2. The van der Waals surface area contributed by atoms with Gasteiger partial charge in [-0.2, -0.15) is 0 Å². The highest BCUT2D eigenvalue weighted by molar-refractivity contribution is 8.93. The summed E-state index contributed by atoms with van der Waals surface area (Å²) in [6, 6.07) is 0. The number of H-pyrrole nitrogens is 1. The molecule has 0 saturated carbocycles. The zero-order valence-corrected chi connectivity index (χ0v) is 8.57. The van der Waals surface area contributed by atoms with Crippen LogP contribution in [0.25, 0.3) is 0 Å². The lowest BCUT2D eigenvalue weighted by atomic mass is 10.4. The molecule has 0 aliphatic heterocycles. The highest BCUT2D eigenvalue weighted by Crippen LogP contribution is 1.82. The first kappa shape index (κ1) is 13.7. The van der Waals surface area contributed by atoms with Crippen LogP contribution in [0.1, 0.15) is 19.8 Å². The second-order valence-corrected chi connectivity index (χ2v) is 1.90. The molecule has 0 aromatic carbocycles. The monoisotopic (exact) mass is 236 g/mol. The van der Waals surface area contributed by atoms with E-state index in [1.165, 1.54) is 0 Å². The lowest BCUT2D eigenvalue weighted by Crippen LogP contribution is -1.90. The van der Waals surface area contributed by atoms with Crippen molar-refractivity contribution in [2.24, 2.45) is 0 Å². The number of nitrogens with one attached hydrogen (secondary N) is 1. The minimum absolute atomic E-state index is 0. The Morgan fingerprint density at radius 2 is 2.33 bits per heavy atom. The first-order valence-electron chi connectivity index (χ1n) is 3.42. The van der Waals surface area contributed by atoms with E-state index in [9.17, 15) is 4.79 Å². The van der Waals surface area contributed by atoms with Gasteiger partial charge in [0.15, 0.2) is 0 Å². The number of hydrogen-bond acceptors (Lipinski definition) is 2. The summed E-state index contributed by atoms with van der Waals surface area (Å²) < 4.78 is 0. The molecule has 0 fully saturated rings. The Balaban J connectivity index is 0. The van der Waals surface area contributed by atoms with E-state index in [1.807, 2.05) is 6.92 Å². The first-order chi connectivity index (χ1) is 5.27. The van der Waals surface area contributed by atoms with Crippen molar-refractivity contribution >= 4 is 23.0 Å². The average molecular weight is 237 g/mol. The summed E-state index contributed by atoms with van der Waals surface area (Å²) in [4.78, 5) is 16.0. The molecule has 0 aliphatic rings. The van der Waals surface area contributed by atoms with Crippen molar-refractivity contribution in [1.29, 1.82) is 0 Å². The van der Waals surface area contributed by atoms with Gasteiger partial charge in [0.1, 0.15) is 0 Å². The fraction of sp³-hybridized carbons (Fsp3) is 0.429. The predicted octanol–water partition coefficient (Wildman–Crippen LogP) is 1.86. The van der Waals surface area contributed by atoms with Crippen LogP contribution in [0.5, 0.6) is 0 Å². The summed E-state index contributed by atoms with van der Waals surface area (Å²) in [6.07, 6.45) is 6.11. The fourth-order valence-electron chi connectivity index (χ4n) is 0.429. The maximum absolute atomic E-state index is 9.60. The van der Waals surface area contributed by atoms with Crippen LogP contribution in [0.15, 0.2) is 18.7 Å². The molecule has 5 heteroatoms. The van der Waals surface area contributed by atoms with Crippen LogP contribution in [0.4, 0.5) is 0 Å². The van der Waals surface area contributed by atoms with Crippen molar-refractivity contribution in [3.63, 3.8) is 0 Å². The smallest absolute Gasteiger partial charge is 0.303 e. The van der Waals surface area contributed by atoms with Crippen LogP contribution in [0.2, 0.25) is 0 Å². The van der Waals surface area contributed by atoms with Gasteiger partial charge in [-0.3, -0.25) is 4.79 Å². The second-order valence-electron chi connectivity index (χ2n) is 1.90. The van der Waals surface area contributed by atoms with Crippen molar-refractivity contribution in [2.45, 2.75) is 19.8 Å². The van der Waals surface area contributed by atoms with Crippen molar-refractivity contribution in [2.75, 3.05) is 0 Å². The summed E-state index contributed by atoms with van der Waals surface area (Å²) in [6.45, 7) is 1.84. The molecule has 0 unspecified atom stereocenters. The van der Waals surface area contributed by atoms with E-state index in [2.05, 4.69) is 9.97 Å². The Hall–Kier alpha value is -0.840. The molecule has 1 heterocycles. The number of halogens is 1. The summed E-state index contributed by atoms with van der Waals surface area (Å²) in [5.41, 5.74) is 0. The number of aromatic nitrogens is 2. The van der Waals surface area contributed by atoms with Crippen molar-refractivity contribution in [3.05, 3.63) is 18.7 Å². The Labute approximate surface area is 81.8 Å². The summed E-state index contributed by atoms with van der Waals surface area (Å²) >= 11 is 0. The quantitative estimate of drug-likeness (QED) is 0.824. The summed E-state index contributed by atoms with van der Waals surface area (Å²) in [7, 11) is 0. The largest absolute Gasteiger partial charge is 0.481 e. The van der Waals surface area contributed by atoms with Gasteiger partial charge in [-0.05, 0) is 6.42 Å². The number of hydrogen-bond donors (Lipinski definition) is 2. The van der Waals surface area contributed by atoms with E-state index < -0.39 is 5.97 Å². The van der Waals surface area contributed by atoms with Crippen LogP contribution in [-0.4, -0.2) is 21.0 Å². The molecule has 70 valence electrons. The van der Waals surface area contributed by atoms with E-state index in [-0.39, 0.29) is 17.0 Å². The Morgan fingerprint density at radius 3 is 2.42 bits per heavy atom. The van der Waals surface area contributed by atoms with Crippen molar-refractivity contribution < 1.29 is 9.90 Å². The number of rotatable bonds is 2. The van der Waals surface area contributed by atoms with E-state index in [1.54, 1.807) is 18.7 Å². The third-order valence-corrected chi connectivity index (χ3v) is 0.870. The molecule has 1 rings (SSSR count).